The number of hydrogen-bond acceptors (Lipinski definition) is 4. The topological polar surface area (TPSA) is 68.0 Å². The fourth-order valence-electron chi connectivity index (χ4n) is 2.50. The standard InChI is InChI=1S/C15H13N3O2S/c19-15(20)13-8-18(17-16-13)7-12-6-11-5-10(9-1-2-9)3-4-14(11)21-12/h3-6,8-9H,1-2,7H2,(H,19,20). The molecule has 0 aliphatic heterocycles. The minimum atomic E-state index is -1.05. The zero-order chi connectivity index (χ0) is 14.4. The molecule has 2 aromatic heterocycles. The Bertz CT molecular complexity index is 832. The minimum absolute atomic E-state index is 0.0212. The van der Waals surface area contributed by atoms with Crippen molar-refractivity contribution < 1.29 is 9.90 Å². The van der Waals surface area contributed by atoms with E-state index in [-0.39, 0.29) is 5.69 Å². The molecule has 1 N–H and O–H groups in total. The molecule has 0 radical (unpaired) electrons. The highest BCUT2D eigenvalue weighted by Crippen LogP contribution is 2.41. The lowest BCUT2D eigenvalue weighted by atomic mass is 10.1. The van der Waals surface area contributed by atoms with Crippen LogP contribution >= 0.6 is 11.3 Å². The number of carboxylic acid groups (broad SMARTS) is 1. The molecule has 21 heavy (non-hydrogen) atoms. The first-order valence-electron chi connectivity index (χ1n) is 6.85. The van der Waals surface area contributed by atoms with Crippen molar-refractivity contribution in [3.05, 3.63) is 46.6 Å². The van der Waals surface area contributed by atoms with E-state index in [9.17, 15) is 4.79 Å². The van der Waals surface area contributed by atoms with Crippen molar-refractivity contribution in [2.45, 2.75) is 25.3 Å². The highest BCUT2D eigenvalue weighted by molar-refractivity contribution is 7.19. The molecule has 1 aromatic carbocycles. The lowest BCUT2D eigenvalue weighted by Gasteiger charge is -1.96. The molecule has 0 unspecified atom stereocenters. The van der Waals surface area contributed by atoms with E-state index >= 15 is 0 Å². The van der Waals surface area contributed by atoms with Gasteiger partial charge >= 0.3 is 5.97 Å². The smallest absolute Gasteiger partial charge is 0.358 e. The second-order valence-corrected chi connectivity index (χ2v) is 6.56. The van der Waals surface area contributed by atoms with Crippen LogP contribution in [0.3, 0.4) is 0 Å². The van der Waals surface area contributed by atoms with Gasteiger partial charge in [0.25, 0.3) is 0 Å². The third kappa shape index (κ3) is 2.42. The third-order valence-electron chi connectivity index (χ3n) is 3.72. The Morgan fingerprint density at radius 1 is 1.38 bits per heavy atom. The van der Waals surface area contributed by atoms with Crippen molar-refractivity contribution in [1.29, 1.82) is 0 Å². The number of benzene rings is 1. The maximum atomic E-state index is 10.8. The van der Waals surface area contributed by atoms with Crippen LogP contribution in [0.4, 0.5) is 0 Å². The summed E-state index contributed by atoms with van der Waals surface area (Å²) in [5.41, 5.74) is 1.41. The van der Waals surface area contributed by atoms with E-state index < -0.39 is 5.97 Å². The zero-order valence-electron chi connectivity index (χ0n) is 11.2. The molecule has 6 heteroatoms. The van der Waals surface area contributed by atoms with Gasteiger partial charge in [-0.1, -0.05) is 17.3 Å². The fourth-order valence-corrected chi connectivity index (χ4v) is 3.54. The predicted molar refractivity (Wildman–Crippen MR) is 79.9 cm³/mol. The van der Waals surface area contributed by atoms with Gasteiger partial charge in [-0.05, 0) is 41.8 Å². The molecule has 0 amide bonds. The predicted octanol–water partition coefficient (Wildman–Crippen LogP) is 3.12. The molecule has 4 rings (SSSR count). The summed E-state index contributed by atoms with van der Waals surface area (Å²) in [6.07, 6.45) is 4.07. The lowest BCUT2D eigenvalue weighted by Crippen LogP contribution is -1.98. The normalized spacial score (nSPS) is 14.7. The van der Waals surface area contributed by atoms with Crippen molar-refractivity contribution in [2.75, 3.05) is 0 Å². The Morgan fingerprint density at radius 3 is 2.95 bits per heavy atom. The number of nitrogens with zero attached hydrogens (tertiary/aromatic N) is 3. The van der Waals surface area contributed by atoms with Crippen molar-refractivity contribution in [3.8, 4) is 0 Å². The van der Waals surface area contributed by atoms with Crippen molar-refractivity contribution in [1.82, 2.24) is 15.0 Å². The summed E-state index contributed by atoms with van der Waals surface area (Å²) in [6, 6.07) is 8.84. The third-order valence-corrected chi connectivity index (χ3v) is 4.82. The summed E-state index contributed by atoms with van der Waals surface area (Å²) in [4.78, 5) is 12.0. The average molecular weight is 299 g/mol. The van der Waals surface area contributed by atoms with Crippen molar-refractivity contribution in [2.24, 2.45) is 0 Å². The van der Waals surface area contributed by atoms with Crippen LogP contribution < -0.4 is 0 Å². The molecule has 2 heterocycles. The van der Waals surface area contributed by atoms with E-state index in [1.165, 1.54) is 34.7 Å². The maximum Gasteiger partial charge on any atom is 0.358 e. The number of fused-ring (bicyclic) bond motifs is 1. The molecular formula is C15H13N3O2S. The van der Waals surface area contributed by atoms with E-state index in [1.54, 1.807) is 16.0 Å². The van der Waals surface area contributed by atoms with Gasteiger partial charge in [0.2, 0.25) is 0 Å². The second-order valence-electron chi connectivity index (χ2n) is 5.39. The van der Waals surface area contributed by atoms with Gasteiger partial charge in [0.1, 0.15) is 0 Å². The summed E-state index contributed by atoms with van der Waals surface area (Å²) >= 11 is 1.71. The molecule has 106 valence electrons. The maximum absolute atomic E-state index is 10.8. The van der Waals surface area contributed by atoms with Crippen molar-refractivity contribution >= 4 is 27.4 Å². The van der Waals surface area contributed by atoms with Gasteiger partial charge in [-0.25, -0.2) is 9.48 Å². The van der Waals surface area contributed by atoms with Gasteiger partial charge < -0.3 is 5.11 Å². The molecule has 0 saturated heterocycles. The van der Waals surface area contributed by atoms with Gasteiger partial charge in [-0.3, -0.25) is 0 Å². The Labute approximate surface area is 124 Å². The number of rotatable bonds is 4. The first kappa shape index (κ1) is 12.5. The van der Waals surface area contributed by atoms with Crippen molar-refractivity contribution in [3.63, 3.8) is 0 Å². The summed E-state index contributed by atoms with van der Waals surface area (Å²) in [7, 11) is 0. The van der Waals surface area contributed by atoms with Gasteiger partial charge in [0.15, 0.2) is 5.69 Å². The summed E-state index contributed by atoms with van der Waals surface area (Å²) in [5, 5.41) is 17.6. The highest BCUT2D eigenvalue weighted by Gasteiger charge is 2.23. The number of aromatic nitrogens is 3. The number of hydrogen-bond donors (Lipinski definition) is 1. The average Bonchev–Trinajstić information content (AvgIpc) is 3.07. The molecule has 1 aliphatic carbocycles. The Morgan fingerprint density at radius 2 is 2.24 bits per heavy atom. The van der Waals surface area contributed by atoms with Crippen LogP contribution in [0.2, 0.25) is 0 Å². The second kappa shape index (κ2) is 4.66. The molecule has 0 spiro atoms. The van der Waals surface area contributed by atoms with E-state index in [0.717, 1.165) is 10.8 Å². The van der Waals surface area contributed by atoms with Crippen LogP contribution in [0.25, 0.3) is 10.1 Å². The van der Waals surface area contributed by atoms with Crippen LogP contribution in [-0.2, 0) is 6.54 Å². The molecule has 1 aliphatic rings. The first-order valence-corrected chi connectivity index (χ1v) is 7.66. The summed E-state index contributed by atoms with van der Waals surface area (Å²) < 4.78 is 2.82. The van der Waals surface area contributed by atoms with Crippen LogP contribution in [0.5, 0.6) is 0 Å². The quantitative estimate of drug-likeness (QED) is 0.803. The largest absolute Gasteiger partial charge is 0.476 e. The van der Waals surface area contributed by atoms with Gasteiger partial charge in [-0.15, -0.1) is 16.4 Å². The van der Waals surface area contributed by atoms with Crippen LogP contribution in [0.1, 0.15) is 39.7 Å². The van der Waals surface area contributed by atoms with Crippen LogP contribution in [0, 0.1) is 0 Å². The molecule has 3 aromatic rings. The molecule has 5 nitrogen and oxygen atoms in total. The number of aromatic carboxylic acids is 1. The van der Waals surface area contributed by atoms with Crippen LogP contribution in [0.15, 0.2) is 30.5 Å². The van der Waals surface area contributed by atoms with Gasteiger partial charge in [0.05, 0.1) is 12.7 Å². The van der Waals surface area contributed by atoms with E-state index in [0.29, 0.717) is 6.54 Å². The van der Waals surface area contributed by atoms with E-state index in [2.05, 4.69) is 34.6 Å². The van der Waals surface area contributed by atoms with E-state index in [4.69, 9.17) is 5.11 Å². The zero-order valence-corrected chi connectivity index (χ0v) is 12.0. The SMILES string of the molecule is O=C(O)c1cn(Cc2cc3cc(C4CC4)ccc3s2)nn1. The summed E-state index contributed by atoms with van der Waals surface area (Å²) in [6.45, 7) is 0.554. The Kier molecular flexibility index (Phi) is 2.78. The Balaban J connectivity index is 1.61. The first-order chi connectivity index (χ1) is 10.2. The number of carboxylic acids is 1. The molecular weight excluding hydrogens is 286 g/mol. The molecule has 1 fully saturated rings. The van der Waals surface area contributed by atoms with Gasteiger partial charge in [-0.2, -0.15) is 0 Å². The van der Waals surface area contributed by atoms with Gasteiger partial charge in [0, 0.05) is 9.58 Å². The molecule has 1 saturated carbocycles. The lowest BCUT2D eigenvalue weighted by molar-refractivity contribution is 0.0690. The summed E-state index contributed by atoms with van der Waals surface area (Å²) in [5.74, 6) is -0.294. The highest BCUT2D eigenvalue weighted by atomic mass is 32.1. The molecule has 0 atom stereocenters. The monoisotopic (exact) mass is 299 g/mol. The van der Waals surface area contributed by atoms with E-state index in [1.807, 2.05) is 0 Å². The number of carbonyl (C=O) groups is 1. The minimum Gasteiger partial charge on any atom is -0.476 e. The number of thiophene rings is 1. The van der Waals surface area contributed by atoms with Crippen LogP contribution in [-0.4, -0.2) is 26.1 Å². The molecule has 0 bridgehead atoms. The fraction of sp³-hybridized carbons (Fsp3) is 0.267. The Hall–Kier alpha value is -2.21.